The number of para-hydroxylation sites is 1. The van der Waals surface area contributed by atoms with Crippen molar-refractivity contribution in [2.24, 2.45) is 16.0 Å². The predicted molar refractivity (Wildman–Crippen MR) is 142 cm³/mol. The van der Waals surface area contributed by atoms with Crippen molar-refractivity contribution in [1.82, 2.24) is 5.01 Å². The highest BCUT2D eigenvalue weighted by molar-refractivity contribution is 5.95. The second kappa shape index (κ2) is 14.6. The topological polar surface area (TPSA) is 40.0 Å². The van der Waals surface area contributed by atoms with Gasteiger partial charge in [0.25, 0.3) is 0 Å². The van der Waals surface area contributed by atoms with E-state index < -0.39 is 0 Å². The molecule has 32 heavy (non-hydrogen) atoms. The molecule has 4 heteroatoms. The number of amidine groups is 1. The van der Waals surface area contributed by atoms with Crippen LogP contribution in [0.3, 0.4) is 0 Å². The Morgan fingerprint density at radius 1 is 1.16 bits per heavy atom. The summed E-state index contributed by atoms with van der Waals surface area (Å²) < 4.78 is 0. The lowest BCUT2D eigenvalue weighted by Gasteiger charge is -2.32. The molecule has 0 radical (unpaired) electrons. The molecule has 0 aliphatic carbocycles. The Morgan fingerprint density at radius 2 is 1.75 bits per heavy atom. The number of terminal acetylenes is 1. The maximum absolute atomic E-state index is 4.70. The van der Waals surface area contributed by atoms with Crippen LogP contribution in [0.5, 0.6) is 0 Å². The molecule has 0 spiro atoms. The number of aliphatic imine (C=N–C) groups is 1. The molecule has 2 rings (SSSR count). The van der Waals surface area contributed by atoms with Gasteiger partial charge in [0.05, 0.1) is 11.7 Å². The van der Waals surface area contributed by atoms with Crippen molar-refractivity contribution < 1.29 is 0 Å². The average Bonchev–Trinajstić information content (AvgIpc) is 2.79. The van der Waals surface area contributed by atoms with Gasteiger partial charge in [0.1, 0.15) is 5.84 Å². The Hall–Kier alpha value is -3.32. The number of hydrogen-bond acceptors (Lipinski definition) is 3. The highest BCUT2D eigenvalue weighted by atomic mass is 15.5. The number of anilines is 1. The molecule has 1 atom stereocenters. The fraction of sp³-hybridized carbons (Fsp3) is 0.357. The second-order valence-electron chi connectivity index (χ2n) is 7.48. The highest BCUT2D eigenvalue weighted by Gasteiger charge is 2.25. The first-order chi connectivity index (χ1) is 15.4. The van der Waals surface area contributed by atoms with Crippen LogP contribution in [-0.2, 0) is 0 Å². The van der Waals surface area contributed by atoms with Gasteiger partial charge < -0.3 is 5.32 Å². The van der Waals surface area contributed by atoms with Crippen LogP contribution in [0.1, 0.15) is 64.6 Å². The van der Waals surface area contributed by atoms with Crippen LogP contribution in [-0.4, -0.2) is 17.1 Å². The fourth-order valence-corrected chi connectivity index (χ4v) is 3.61. The zero-order valence-electron chi connectivity index (χ0n) is 20.5. The SMILES string of the molecule is C#CC.C=CN(/N=C\C)C(c1ccc(NC(C)=Nc2ccccc2C)cc1)C(CC)CC. The molecule has 0 heterocycles. The number of hydrazone groups is 1. The first-order valence-corrected chi connectivity index (χ1v) is 11.2. The summed E-state index contributed by atoms with van der Waals surface area (Å²) in [5, 5.41) is 9.89. The first-order valence-electron chi connectivity index (χ1n) is 11.2. The quantitative estimate of drug-likeness (QED) is 0.191. The van der Waals surface area contributed by atoms with E-state index in [0.717, 1.165) is 35.6 Å². The van der Waals surface area contributed by atoms with Gasteiger partial charge in [-0.25, -0.2) is 4.99 Å². The van der Waals surface area contributed by atoms with E-state index >= 15 is 0 Å². The van der Waals surface area contributed by atoms with Crippen molar-refractivity contribution in [1.29, 1.82) is 0 Å². The Balaban J connectivity index is 0.00000161. The number of aryl methyl sites for hydroxylation is 1. The van der Waals surface area contributed by atoms with Crippen LogP contribution in [0.15, 0.2) is 71.4 Å². The van der Waals surface area contributed by atoms with Gasteiger partial charge in [0.15, 0.2) is 0 Å². The molecule has 2 aromatic carbocycles. The Bertz CT molecular complexity index is 915. The van der Waals surface area contributed by atoms with Gasteiger partial charge in [-0.2, -0.15) is 5.10 Å². The summed E-state index contributed by atoms with van der Waals surface area (Å²) in [7, 11) is 0. The second-order valence-corrected chi connectivity index (χ2v) is 7.48. The number of hydrogen-bond donors (Lipinski definition) is 1. The van der Waals surface area contributed by atoms with E-state index in [2.05, 4.69) is 80.4 Å². The molecular formula is C28H38N4. The summed E-state index contributed by atoms with van der Waals surface area (Å²) in [5.74, 6) is 3.62. The first kappa shape index (κ1) is 26.7. The third kappa shape index (κ3) is 8.07. The van der Waals surface area contributed by atoms with E-state index in [0.29, 0.717) is 5.92 Å². The zero-order valence-corrected chi connectivity index (χ0v) is 20.5. The Labute approximate surface area is 195 Å². The van der Waals surface area contributed by atoms with E-state index in [-0.39, 0.29) is 6.04 Å². The van der Waals surface area contributed by atoms with Crippen LogP contribution >= 0.6 is 0 Å². The molecule has 0 aromatic heterocycles. The number of nitrogens with zero attached hydrogens (tertiary/aromatic N) is 3. The van der Waals surface area contributed by atoms with E-state index in [1.807, 2.05) is 49.5 Å². The number of rotatable bonds is 9. The largest absolute Gasteiger partial charge is 0.344 e. The summed E-state index contributed by atoms with van der Waals surface area (Å²) in [6.07, 6.45) is 10.4. The number of benzene rings is 2. The van der Waals surface area contributed by atoms with Crippen LogP contribution in [0.2, 0.25) is 0 Å². The van der Waals surface area contributed by atoms with Crippen LogP contribution < -0.4 is 5.32 Å². The van der Waals surface area contributed by atoms with Crippen molar-refractivity contribution in [3.8, 4) is 12.3 Å². The summed E-state index contributed by atoms with van der Waals surface area (Å²) in [5.41, 5.74) is 4.42. The van der Waals surface area contributed by atoms with Crippen molar-refractivity contribution in [2.45, 2.75) is 60.4 Å². The molecule has 0 bridgehead atoms. The van der Waals surface area contributed by atoms with Crippen molar-refractivity contribution in [3.63, 3.8) is 0 Å². The summed E-state index contributed by atoms with van der Waals surface area (Å²) >= 11 is 0. The summed E-state index contributed by atoms with van der Waals surface area (Å²) in [6.45, 7) is 16.1. The van der Waals surface area contributed by atoms with Gasteiger partial charge in [0, 0.05) is 18.1 Å². The van der Waals surface area contributed by atoms with Crippen LogP contribution in [0.4, 0.5) is 11.4 Å². The van der Waals surface area contributed by atoms with E-state index in [9.17, 15) is 0 Å². The van der Waals surface area contributed by atoms with Gasteiger partial charge >= 0.3 is 0 Å². The molecule has 0 aliphatic rings. The van der Waals surface area contributed by atoms with E-state index in [1.54, 1.807) is 6.92 Å². The maximum Gasteiger partial charge on any atom is 0.103 e. The minimum atomic E-state index is 0.175. The molecule has 4 nitrogen and oxygen atoms in total. The van der Waals surface area contributed by atoms with Crippen molar-refractivity contribution >= 4 is 23.4 Å². The minimum absolute atomic E-state index is 0.175. The average molecular weight is 431 g/mol. The third-order valence-electron chi connectivity index (χ3n) is 5.20. The van der Waals surface area contributed by atoms with Gasteiger partial charge in [-0.15, -0.1) is 12.3 Å². The molecule has 0 aliphatic heterocycles. The Morgan fingerprint density at radius 3 is 2.25 bits per heavy atom. The van der Waals surface area contributed by atoms with E-state index in [4.69, 9.17) is 4.99 Å². The lowest BCUT2D eigenvalue weighted by Crippen LogP contribution is -2.25. The molecule has 0 amide bonds. The monoisotopic (exact) mass is 430 g/mol. The fourth-order valence-electron chi connectivity index (χ4n) is 3.61. The summed E-state index contributed by atoms with van der Waals surface area (Å²) in [4.78, 5) is 4.70. The van der Waals surface area contributed by atoms with Crippen molar-refractivity contribution in [2.75, 3.05) is 5.32 Å². The number of nitrogens with one attached hydrogen (secondary N) is 1. The molecule has 2 aromatic rings. The molecule has 1 unspecified atom stereocenters. The molecular weight excluding hydrogens is 392 g/mol. The molecule has 0 saturated heterocycles. The maximum atomic E-state index is 4.70. The molecule has 0 fully saturated rings. The van der Waals surface area contributed by atoms with Crippen LogP contribution in [0, 0.1) is 25.2 Å². The standard InChI is InChI=1S/C25H34N4.C3H4/c1-7-21(8-2)25(29(10-4)26-9-3)22-15-17-23(18-16-22)27-20(6)28-24-14-12-11-13-19(24)5;1-3-2/h9-18,21,25H,4,7-8H2,1-3,5-6H3,(H,27,28);1H,2H3/b26-9-;. The molecule has 170 valence electrons. The van der Waals surface area contributed by atoms with Crippen LogP contribution in [0.25, 0.3) is 0 Å². The summed E-state index contributed by atoms with van der Waals surface area (Å²) in [6, 6.07) is 16.9. The predicted octanol–water partition coefficient (Wildman–Crippen LogP) is 7.73. The third-order valence-corrected chi connectivity index (χ3v) is 5.20. The van der Waals surface area contributed by atoms with Gasteiger partial charge in [-0.3, -0.25) is 5.01 Å². The zero-order chi connectivity index (χ0) is 23.9. The highest BCUT2D eigenvalue weighted by Crippen LogP contribution is 2.34. The van der Waals surface area contributed by atoms with Gasteiger partial charge in [-0.1, -0.05) is 63.6 Å². The van der Waals surface area contributed by atoms with Gasteiger partial charge in [-0.05, 0) is 62.9 Å². The lowest BCUT2D eigenvalue weighted by atomic mass is 9.88. The lowest BCUT2D eigenvalue weighted by molar-refractivity contribution is 0.200. The van der Waals surface area contributed by atoms with Gasteiger partial charge in [0.2, 0.25) is 0 Å². The van der Waals surface area contributed by atoms with Crippen molar-refractivity contribution in [3.05, 3.63) is 72.4 Å². The van der Waals surface area contributed by atoms with E-state index in [1.165, 1.54) is 5.56 Å². The molecule has 0 saturated carbocycles. The smallest absolute Gasteiger partial charge is 0.103 e. The minimum Gasteiger partial charge on any atom is -0.344 e. The molecule has 1 N–H and O–H groups in total. The Kier molecular flexibility index (Phi) is 12.2. The normalized spacial score (nSPS) is 12.0.